The second-order valence-corrected chi connectivity index (χ2v) is 2.06. The van der Waals surface area contributed by atoms with Crippen molar-refractivity contribution in [3.05, 3.63) is 11.6 Å². The Morgan fingerprint density at radius 2 is 2.50 bits per heavy atom. The zero-order chi connectivity index (χ0) is 6.97. The molecule has 1 N–H and O–H groups in total. The van der Waals surface area contributed by atoms with Crippen LogP contribution >= 0.6 is 0 Å². The summed E-state index contributed by atoms with van der Waals surface area (Å²) in [5, 5.41) is 9.88. The molecule has 0 radical (unpaired) electrons. The van der Waals surface area contributed by atoms with Crippen LogP contribution in [0.2, 0.25) is 0 Å². The molecule has 1 amide bonds. The minimum atomic E-state index is -0.130. The molecule has 0 fully saturated rings. The first kappa shape index (κ1) is 5.34. The third kappa shape index (κ3) is 0.586. The fourth-order valence-corrected chi connectivity index (χ4v) is 0.931. The lowest BCUT2D eigenvalue weighted by Gasteiger charge is -2.07. The van der Waals surface area contributed by atoms with E-state index in [9.17, 15) is 4.79 Å². The Morgan fingerprint density at radius 3 is 3.30 bits per heavy atom. The molecular formula is C6H5N3O. The lowest BCUT2D eigenvalue weighted by Crippen LogP contribution is -2.35. The Bertz CT molecular complexity index is 275. The monoisotopic (exact) mass is 135 g/mol. The van der Waals surface area contributed by atoms with Gasteiger partial charge in [0, 0.05) is 12.1 Å². The van der Waals surface area contributed by atoms with E-state index in [2.05, 4.69) is 15.5 Å². The summed E-state index contributed by atoms with van der Waals surface area (Å²) in [6, 6.07) is 0. The second kappa shape index (κ2) is 1.76. The lowest BCUT2D eigenvalue weighted by atomic mass is 10.1. The highest BCUT2D eigenvalue weighted by molar-refractivity contribution is 6.51. The highest BCUT2D eigenvalue weighted by Crippen LogP contribution is 2.06. The van der Waals surface area contributed by atoms with Gasteiger partial charge >= 0.3 is 0 Å². The van der Waals surface area contributed by atoms with Crippen LogP contribution in [0.1, 0.15) is 0 Å². The first-order valence-electron chi connectivity index (χ1n) is 2.98. The van der Waals surface area contributed by atoms with Gasteiger partial charge in [-0.2, -0.15) is 5.10 Å². The van der Waals surface area contributed by atoms with Crippen LogP contribution < -0.4 is 5.32 Å². The molecule has 0 saturated heterocycles. The van der Waals surface area contributed by atoms with Gasteiger partial charge in [0.05, 0.1) is 6.21 Å². The molecule has 0 aliphatic carbocycles. The number of amides is 1. The van der Waals surface area contributed by atoms with E-state index in [0.29, 0.717) is 12.3 Å². The van der Waals surface area contributed by atoms with E-state index in [1.807, 2.05) is 6.08 Å². The van der Waals surface area contributed by atoms with E-state index in [1.54, 1.807) is 6.21 Å². The highest BCUT2D eigenvalue weighted by Gasteiger charge is 2.21. The molecule has 0 atom stereocenters. The van der Waals surface area contributed by atoms with Crippen LogP contribution in [-0.4, -0.2) is 24.4 Å². The normalized spacial score (nSPS) is 21.4. The number of nitrogens with zero attached hydrogens (tertiary/aromatic N) is 2. The SMILES string of the molecule is O=C1NCC=C2C=NN=C12. The molecule has 2 aliphatic rings. The van der Waals surface area contributed by atoms with Gasteiger partial charge in [0.25, 0.3) is 5.91 Å². The average Bonchev–Trinajstić information content (AvgIpc) is 2.36. The topological polar surface area (TPSA) is 53.8 Å². The first-order chi connectivity index (χ1) is 4.88. The smallest absolute Gasteiger partial charge is 0.272 e. The maximum atomic E-state index is 10.9. The Hall–Kier alpha value is -1.45. The summed E-state index contributed by atoms with van der Waals surface area (Å²) in [4.78, 5) is 10.9. The quantitative estimate of drug-likeness (QED) is 0.477. The predicted octanol–water partition coefficient (Wildman–Crippen LogP) is -0.517. The Kier molecular flexibility index (Phi) is 0.943. The molecule has 0 spiro atoms. The van der Waals surface area contributed by atoms with E-state index in [1.165, 1.54) is 0 Å². The van der Waals surface area contributed by atoms with Crippen molar-refractivity contribution in [3.63, 3.8) is 0 Å². The fraction of sp³-hybridized carbons (Fsp3) is 0.167. The van der Waals surface area contributed by atoms with Crippen molar-refractivity contribution < 1.29 is 4.79 Å². The number of carbonyl (C=O) groups is 1. The Balaban J connectivity index is 2.46. The number of hydrogen-bond acceptors (Lipinski definition) is 3. The summed E-state index contributed by atoms with van der Waals surface area (Å²) >= 11 is 0. The van der Waals surface area contributed by atoms with Gasteiger partial charge in [0.15, 0.2) is 5.71 Å². The molecular weight excluding hydrogens is 130 g/mol. The zero-order valence-corrected chi connectivity index (χ0v) is 5.16. The van der Waals surface area contributed by atoms with Gasteiger partial charge in [-0.1, -0.05) is 6.08 Å². The molecule has 4 heteroatoms. The van der Waals surface area contributed by atoms with Crippen LogP contribution in [0.15, 0.2) is 21.9 Å². The first-order valence-corrected chi connectivity index (χ1v) is 2.98. The fourth-order valence-electron chi connectivity index (χ4n) is 0.931. The van der Waals surface area contributed by atoms with Crippen molar-refractivity contribution in [2.75, 3.05) is 6.54 Å². The van der Waals surface area contributed by atoms with Crippen molar-refractivity contribution in [1.29, 1.82) is 0 Å². The number of nitrogens with one attached hydrogen (secondary N) is 1. The van der Waals surface area contributed by atoms with Crippen molar-refractivity contribution >= 4 is 17.8 Å². The number of hydrogen-bond donors (Lipinski definition) is 1. The molecule has 50 valence electrons. The third-order valence-electron chi connectivity index (χ3n) is 1.43. The molecule has 10 heavy (non-hydrogen) atoms. The summed E-state index contributed by atoms with van der Waals surface area (Å²) in [5.74, 6) is -0.130. The molecule has 0 aromatic rings. The molecule has 0 unspecified atom stereocenters. The van der Waals surface area contributed by atoms with E-state index in [4.69, 9.17) is 0 Å². The van der Waals surface area contributed by atoms with Crippen LogP contribution in [0.5, 0.6) is 0 Å². The summed E-state index contributed by atoms with van der Waals surface area (Å²) in [7, 11) is 0. The van der Waals surface area contributed by atoms with Gasteiger partial charge in [0.1, 0.15) is 0 Å². The Labute approximate surface area is 57.3 Å². The van der Waals surface area contributed by atoms with Crippen LogP contribution in [0.3, 0.4) is 0 Å². The van der Waals surface area contributed by atoms with Gasteiger partial charge < -0.3 is 5.32 Å². The van der Waals surface area contributed by atoms with Gasteiger partial charge in [0.2, 0.25) is 0 Å². The van der Waals surface area contributed by atoms with Gasteiger partial charge in [-0.05, 0) is 0 Å². The van der Waals surface area contributed by atoms with Crippen LogP contribution in [0.4, 0.5) is 0 Å². The molecule has 0 saturated carbocycles. The standard InChI is InChI=1S/C6H5N3O/c10-6-5-4(1-2-7-6)3-8-9-5/h1,3H,2H2,(H,7,10). The summed E-state index contributed by atoms with van der Waals surface area (Å²) in [6.45, 7) is 0.583. The molecule has 2 aliphatic heterocycles. The van der Waals surface area contributed by atoms with Crippen molar-refractivity contribution in [2.24, 2.45) is 10.2 Å². The van der Waals surface area contributed by atoms with E-state index < -0.39 is 0 Å². The van der Waals surface area contributed by atoms with Crippen molar-refractivity contribution in [2.45, 2.75) is 0 Å². The van der Waals surface area contributed by atoms with Gasteiger partial charge in [-0.3, -0.25) is 4.79 Å². The van der Waals surface area contributed by atoms with Crippen LogP contribution in [0.25, 0.3) is 0 Å². The lowest BCUT2D eigenvalue weighted by molar-refractivity contribution is -0.114. The van der Waals surface area contributed by atoms with Gasteiger partial charge in [-0.25, -0.2) is 0 Å². The average molecular weight is 135 g/mol. The highest BCUT2D eigenvalue weighted by atomic mass is 16.2. The summed E-state index contributed by atoms with van der Waals surface area (Å²) in [6.07, 6.45) is 3.48. The Morgan fingerprint density at radius 1 is 1.60 bits per heavy atom. The van der Waals surface area contributed by atoms with Crippen LogP contribution in [0, 0.1) is 0 Å². The molecule has 2 heterocycles. The van der Waals surface area contributed by atoms with Gasteiger partial charge in [-0.15, -0.1) is 5.10 Å². The number of fused-ring (bicyclic) bond motifs is 1. The summed E-state index contributed by atoms with van der Waals surface area (Å²) < 4.78 is 0. The number of carbonyl (C=O) groups excluding carboxylic acids is 1. The third-order valence-corrected chi connectivity index (χ3v) is 1.43. The van der Waals surface area contributed by atoms with E-state index in [-0.39, 0.29) is 5.91 Å². The summed E-state index contributed by atoms with van der Waals surface area (Å²) in [5.41, 5.74) is 1.27. The maximum absolute atomic E-state index is 10.9. The molecule has 4 nitrogen and oxygen atoms in total. The van der Waals surface area contributed by atoms with E-state index >= 15 is 0 Å². The predicted molar refractivity (Wildman–Crippen MR) is 37.0 cm³/mol. The maximum Gasteiger partial charge on any atom is 0.272 e. The minimum Gasteiger partial charge on any atom is -0.347 e. The van der Waals surface area contributed by atoms with E-state index in [0.717, 1.165) is 5.57 Å². The molecule has 0 aromatic heterocycles. The second-order valence-electron chi connectivity index (χ2n) is 2.06. The molecule has 0 bridgehead atoms. The molecule has 2 rings (SSSR count). The largest absolute Gasteiger partial charge is 0.347 e. The molecule has 0 aromatic carbocycles. The van der Waals surface area contributed by atoms with Crippen LogP contribution in [-0.2, 0) is 4.79 Å². The zero-order valence-electron chi connectivity index (χ0n) is 5.16. The van der Waals surface area contributed by atoms with Crippen molar-refractivity contribution in [3.8, 4) is 0 Å². The minimum absolute atomic E-state index is 0.130. The van der Waals surface area contributed by atoms with Crippen molar-refractivity contribution in [1.82, 2.24) is 5.32 Å². The number of rotatable bonds is 0.